The van der Waals surface area contributed by atoms with Crippen LogP contribution < -0.4 is 0 Å². The zero-order valence-electron chi connectivity index (χ0n) is 9.25. The summed E-state index contributed by atoms with van der Waals surface area (Å²) >= 11 is 0. The van der Waals surface area contributed by atoms with Crippen LogP contribution in [0.3, 0.4) is 0 Å². The maximum absolute atomic E-state index is 10.7. The second kappa shape index (κ2) is 8.97. The van der Waals surface area contributed by atoms with E-state index in [9.17, 15) is 4.79 Å². The van der Waals surface area contributed by atoms with Crippen molar-refractivity contribution in [2.24, 2.45) is 0 Å². The van der Waals surface area contributed by atoms with Crippen LogP contribution in [0.15, 0.2) is 0 Å². The van der Waals surface area contributed by atoms with Gasteiger partial charge in [0.05, 0.1) is 6.61 Å². The van der Waals surface area contributed by atoms with Crippen LogP contribution in [-0.2, 0) is 19.0 Å². The third-order valence-electron chi connectivity index (χ3n) is 1.56. The smallest absolute Gasteiger partial charge is 0.305 e. The topological polar surface area (TPSA) is 44.8 Å². The molecule has 0 aliphatic rings. The monoisotopic (exact) mass is 204 g/mol. The molecule has 1 unspecified atom stereocenters. The lowest BCUT2D eigenvalue weighted by Crippen LogP contribution is -2.26. The van der Waals surface area contributed by atoms with Gasteiger partial charge in [-0.05, 0) is 13.3 Å². The highest BCUT2D eigenvalue weighted by Gasteiger charge is 2.11. The largest absolute Gasteiger partial charge is 0.433 e. The SMILES string of the molecule is CCCCOC(COCC)OC(C)=O. The van der Waals surface area contributed by atoms with Crippen molar-refractivity contribution in [1.29, 1.82) is 0 Å². The second-order valence-electron chi connectivity index (χ2n) is 2.92. The fraction of sp³-hybridized carbons (Fsp3) is 0.900. The number of rotatable bonds is 8. The highest BCUT2D eigenvalue weighted by Crippen LogP contribution is 1.99. The first-order chi connectivity index (χ1) is 6.70. The first-order valence-corrected chi connectivity index (χ1v) is 5.07. The lowest BCUT2D eigenvalue weighted by atomic mass is 10.4. The molecule has 0 saturated carbocycles. The number of unbranched alkanes of at least 4 members (excludes halogenated alkanes) is 1. The molecule has 0 aliphatic carbocycles. The number of esters is 1. The van der Waals surface area contributed by atoms with E-state index in [1.807, 2.05) is 6.92 Å². The van der Waals surface area contributed by atoms with E-state index in [2.05, 4.69) is 6.92 Å². The summed E-state index contributed by atoms with van der Waals surface area (Å²) < 4.78 is 15.4. The Hall–Kier alpha value is -0.610. The normalized spacial score (nSPS) is 12.5. The Bertz CT molecular complexity index is 147. The van der Waals surface area contributed by atoms with E-state index in [0.29, 0.717) is 19.8 Å². The van der Waals surface area contributed by atoms with Crippen molar-refractivity contribution in [3.63, 3.8) is 0 Å². The van der Waals surface area contributed by atoms with Gasteiger partial charge in [-0.25, -0.2) is 0 Å². The van der Waals surface area contributed by atoms with Gasteiger partial charge in [-0.2, -0.15) is 0 Å². The van der Waals surface area contributed by atoms with Crippen molar-refractivity contribution >= 4 is 5.97 Å². The average Bonchev–Trinajstić information content (AvgIpc) is 2.13. The summed E-state index contributed by atoms with van der Waals surface area (Å²) in [5.74, 6) is -0.341. The van der Waals surface area contributed by atoms with Gasteiger partial charge in [-0.1, -0.05) is 13.3 Å². The molecule has 0 fully saturated rings. The summed E-state index contributed by atoms with van der Waals surface area (Å²) in [6.07, 6.45) is 1.46. The van der Waals surface area contributed by atoms with Crippen molar-refractivity contribution in [3.05, 3.63) is 0 Å². The van der Waals surface area contributed by atoms with E-state index in [-0.39, 0.29) is 5.97 Å². The summed E-state index contributed by atoms with van der Waals surface area (Å²) in [6.45, 7) is 6.82. The van der Waals surface area contributed by atoms with E-state index < -0.39 is 6.29 Å². The van der Waals surface area contributed by atoms with Gasteiger partial charge in [-0.15, -0.1) is 0 Å². The van der Waals surface area contributed by atoms with Crippen LogP contribution in [0.4, 0.5) is 0 Å². The van der Waals surface area contributed by atoms with Crippen molar-refractivity contribution in [3.8, 4) is 0 Å². The van der Waals surface area contributed by atoms with E-state index in [4.69, 9.17) is 14.2 Å². The van der Waals surface area contributed by atoms with Crippen LogP contribution in [0.2, 0.25) is 0 Å². The maximum atomic E-state index is 10.7. The minimum absolute atomic E-state index is 0.305. The summed E-state index contributed by atoms with van der Waals surface area (Å²) in [7, 11) is 0. The van der Waals surface area contributed by atoms with Crippen molar-refractivity contribution in [2.45, 2.75) is 39.9 Å². The van der Waals surface area contributed by atoms with Crippen LogP contribution >= 0.6 is 0 Å². The molecule has 0 aliphatic heterocycles. The average molecular weight is 204 g/mol. The van der Waals surface area contributed by atoms with Gasteiger partial charge in [-0.3, -0.25) is 4.79 Å². The van der Waals surface area contributed by atoms with E-state index in [0.717, 1.165) is 12.8 Å². The molecule has 0 saturated heterocycles. The minimum atomic E-state index is -0.556. The van der Waals surface area contributed by atoms with E-state index >= 15 is 0 Å². The fourth-order valence-corrected chi connectivity index (χ4v) is 0.874. The highest BCUT2D eigenvalue weighted by molar-refractivity contribution is 5.66. The van der Waals surface area contributed by atoms with Gasteiger partial charge in [0, 0.05) is 13.5 Å². The molecule has 0 rings (SSSR count). The number of ether oxygens (including phenoxy) is 3. The van der Waals surface area contributed by atoms with Gasteiger partial charge in [0.25, 0.3) is 0 Å². The number of carbonyl (C=O) groups is 1. The summed E-state index contributed by atoms with van der Waals surface area (Å²) in [5.41, 5.74) is 0. The van der Waals surface area contributed by atoms with Gasteiger partial charge < -0.3 is 14.2 Å². The van der Waals surface area contributed by atoms with Gasteiger partial charge in [0.2, 0.25) is 6.29 Å². The Morgan fingerprint density at radius 3 is 2.57 bits per heavy atom. The predicted octanol–water partition coefficient (Wildman–Crippen LogP) is 1.73. The molecule has 4 nitrogen and oxygen atoms in total. The Morgan fingerprint density at radius 2 is 2.07 bits per heavy atom. The van der Waals surface area contributed by atoms with E-state index in [1.165, 1.54) is 6.92 Å². The molecule has 0 heterocycles. The van der Waals surface area contributed by atoms with Gasteiger partial charge in [0.15, 0.2) is 0 Å². The van der Waals surface area contributed by atoms with Gasteiger partial charge in [0.1, 0.15) is 6.61 Å². The summed E-state index contributed by atoms with van der Waals surface area (Å²) in [5, 5.41) is 0. The lowest BCUT2D eigenvalue weighted by molar-refractivity contribution is -0.188. The van der Waals surface area contributed by atoms with Crippen LogP contribution in [0.1, 0.15) is 33.6 Å². The third kappa shape index (κ3) is 8.01. The standard InChI is InChI=1S/C10H20O4/c1-4-6-7-13-10(8-12-5-2)14-9(3)11/h10H,4-8H2,1-3H3. The number of hydrogen-bond donors (Lipinski definition) is 0. The molecule has 0 aromatic carbocycles. The quantitative estimate of drug-likeness (QED) is 0.343. The van der Waals surface area contributed by atoms with Crippen molar-refractivity contribution in [1.82, 2.24) is 0 Å². The van der Waals surface area contributed by atoms with Crippen LogP contribution in [-0.4, -0.2) is 32.1 Å². The third-order valence-corrected chi connectivity index (χ3v) is 1.56. The Morgan fingerprint density at radius 1 is 1.36 bits per heavy atom. The molecular formula is C10H20O4. The molecule has 0 N–H and O–H groups in total. The first kappa shape index (κ1) is 13.4. The molecule has 14 heavy (non-hydrogen) atoms. The molecule has 84 valence electrons. The molecule has 0 amide bonds. The molecule has 4 heteroatoms. The molecule has 1 atom stereocenters. The zero-order chi connectivity index (χ0) is 10.8. The Kier molecular flexibility index (Phi) is 8.57. The molecule has 0 aromatic heterocycles. The number of hydrogen-bond acceptors (Lipinski definition) is 4. The van der Waals surface area contributed by atoms with Crippen LogP contribution in [0.25, 0.3) is 0 Å². The highest BCUT2D eigenvalue weighted by atomic mass is 16.7. The Balaban J connectivity index is 3.66. The lowest BCUT2D eigenvalue weighted by Gasteiger charge is -2.16. The predicted molar refractivity (Wildman–Crippen MR) is 52.9 cm³/mol. The van der Waals surface area contributed by atoms with E-state index in [1.54, 1.807) is 0 Å². The van der Waals surface area contributed by atoms with Crippen LogP contribution in [0.5, 0.6) is 0 Å². The molecular weight excluding hydrogens is 184 g/mol. The van der Waals surface area contributed by atoms with Gasteiger partial charge >= 0.3 is 5.97 Å². The zero-order valence-corrected chi connectivity index (χ0v) is 9.25. The molecule has 0 spiro atoms. The van der Waals surface area contributed by atoms with Crippen molar-refractivity contribution < 1.29 is 19.0 Å². The van der Waals surface area contributed by atoms with Crippen molar-refractivity contribution in [2.75, 3.05) is 19.8 Å². The summed E-state index contributed by atoms with van der Waals surface area (Å²) in [4.78, 5) is 10.7. The van der Waals surface area contributed by atoms with Crippen LogP contribution in [0, 0.1) is 0 Å². The molecule has 0 bridgehead atoms. The minimum Gasteiger partial charge on any atom is -0.433 e. The number of carbonyl (C=O) groups excluding carboxylic acids is 1. The second-order valence-corrected chi connectivity index (χ2v) is 2.92. The maximum Gasteiger partial charge on any atom is 0.305 e. The summed E-state index contributed by atoms with van der Waals surface area (Å²) in [6, 6.07) is 0. The fourth-order valence-electron chi connectivity index (χ4n) is 0.874. The first-order valence-electron chi connectivity index (χ1n) is 5.07. The molecule has 0 aromatic rings. The Labute approximate surface area is 85.5 Å². The molecule has 0 radical (unpaired) electrons.